The van der Waals surface area contributed by atoms with Gasteiger partial charge in [-0.05, 0) is 82.0 Å². The normalized spacial score (nSPS) is 13.2. The van der Waals surface area contributed by atoms with Crippen molar-refractivity contribution < 1.29 is 0 Å². The molecule has 2 aromatic heterocycles. The van der Waals surface area contributed by atoms with E-state index in [0.29, 0.717) is 23.4 Å². The standard InChI is InChI=1S/C57H44N4/c1-5-16-39(17-6-1)42-28-32-45(33-29-42)55-58-56(46-34-30-43(31-35-46)40-18-7-2-8-19-40)60-57(59-55)50-37-36-47(41-20-9-3-10-21-41)38-53(50)61-51-26-14-13-24-49(51)54-48(25-15-27-52(54)61)44-22-11-4-12-23-44/h1-3,5-10,13-21,24-38,44H,4,11-12,22-23H2. The Kier molecular flexibility index (Phi) is 9.59. The molecule has 10 aromatic rings. The molecule has 1 aliphatic carbocycles. The monoisotopic (exact) mass is 784 g/mol. The summed E-state index contributed by atoms with van der Waals surface area (Å²) in [6.07, 6.45) is 6.38. The van der Waals surface area contributed by atoms with Crippen LogP contribution in [0.5, 0.6) is 0 Å². The molecule has 4 heteroatoms. The van der Waals surface area contributed by atoms with Crippen LogP contribution in [0.2, 0.25) is 0 Å². The molecule has 1 fully saturated rings. The van der Waals surface area contributed by atoms with Crippen molar-refractivity contribution >= 4 is 21.8 Å². The Morgan fingerprint density at radius 3 is 1.41 bits per heavy atom. The van der Waals surface area contributed by atoms with E-state index in [1.165, 1.54) is 70.6 Å². The SMILES string of the molecule is c1ccc(-c2ccc(-c3nc(-c4ccc(-c5ccccc5)cc4)nc(-c4ccc(-c5ccccc5)cc4-n4c5ccccc5c5c(C6CCCCC6)cccc54)n3)cc2)cc1. The van der Waals surface area contributed by atoms with E-state index in [1.54, 1.807) is 0 Å². The third-order valence-corrected chi connectivity index (χ3v) is 12.5. The minimum Gasteiger partial charge on any atom is -0.308 e. The summed E-state index contributed by atoms with van der Waals surface area (Å²) in [5.41, 5.74) is 14.6. The predicted octanol–water partition coefficient (Wildman–Crippen LogP) is 15.0. The number of para-hydroxylation sites is 1. The second-order valence-corrected chi connectivity index (χ2v) is 16.2. The van der Waals surface area contributed by atoms with Crippen molar-refractivity contribution in [1.82, 2.24) is 19.5 Å². The Morgan fingerprint density at radius 1 is 0.361 bits per heavy atom. The number of aromatic nitrogens is 4. The van der Waals surface area contributed by atoms with Crippen LogP contribution in [0.15, 0.2) is 200 Å². The minimum atomic E-state index is 0.557. The molecular weight excluding hydrogens is 741 g/mol. The maximum Gasteiger partial charge on any atom is 0.166 e. The average Bonchev–Trinajstić information content (AvgIpc) is 3.69. The summed E-state index contributed by atoms with van der Waals surface area (Å²) in [7, 11) is 0. The van der Waals surface area contributed by atoms with Gasteiger partial charge in [0, 0.05) is 27.5 Å². The molecule has 0 saturated heterocycles. The van der Waals surface area contributed by atoms with E-state index in [9.17, 15) is 0 Å². The summed E-state index contributed by atoms with van der Waals surface area (Å²) in [5, 5.41) is 2.64. The highest BCUT2D eigenvalue weighted by Gasteiger charge is 2.24. The molecule has 61 heavy (non-hydrogen) atoms. The van der Waals surface area contributed by atoms with Crippen LogP contribution in [-0.2, 0) is 0 Å². The number of fused-ring (bicyclic) bond motifs is 3. The van der Waals surface area contributed by atoms with Crippen LogP contribution in [0.4, 0.5) is 0 Å². The second kappa shape index (κ2) is 16.0. The van der Waals surface area contributed by atoms with Gasteiger partial charge in [0.25, 0.3) is 0 Å². The van der Waals surface area contributed by atoms with E-state index >= 15 is 0 Å². The van der Waals surface area contributed by atoms with Gasteiger partial charge in [-0.2, -0.15) is 0 Å². The minimum absolute atomic E-state index is 0.557. The van der Waals surface area contributed by atoms with Crippen LogP contribution in [0.25, 0.3) is 95.0 Å². The number of benzene rings is 8. The fraction of sp³-hybridized carbons (Fsp3) is 0.105. The van der Waals surface area contributed by atoms with Gasteiger partial charge >= 0.3 is 0 Å². The average molecular weight is 785 g/mol. The highest BCUT2D eigenvalue weighted by atomic mass is 15.1. The van der Waals surface area contributed by atoms with Crippen molar-refractivity contribution in [3.05, 3.63) is 206 Å². The highest BCUT2D eigenvalue weighted by molar-refractivity contribution is 6.11. The first kappa shape index (κ1) is 36.6. The van der Waals surface area contributed by atoms with Gasteiger partial charge in [0.2, 0.25) is 0 Å². The summed E-state index contributed by atoms with van der Waals surface area (Å²) in [6.45, 7) is 0. The fourth-order valence-corrected chi connectivity index (χ4v) is 9.42. The van der Waals surface area contributed by atoms with Crippen molar-refractivity contribution in [2.24, 2.45) is 0 Å². The molecular formula is C57H44N4. The lowest BCUT2D eigenvalue weighted by molar-refractivity contribution is 0.445. The fourth-order valence-electron chi connectivity index (χ4n) is 9.42. The first-order valence-corrected chi connectivity index (χ1v) is 21.6. The van der Waals surface area contributed by atoms with E-state index in [0.717, 1.165) is 44.6 Å². The Balaban J connectivity index is 1.14. The van der Waals surface area contributed by atoms with Gasteiger partial charge in [0.05, 0.1) is 16.7 Å². The molecule has 11 rings (SSSR count). The molecule has 0 atom stereocenters. The predicted molar refractivity (Wildman–Crippen MR) is 253 cm³/mol. The van der Waals surface area contributed by atoms with Crippen molar-refractivity contribution in [2.45, 2.75) is 38.0 Å². The van der Waals surface area contributed by atoms with E-state index in [2.05, 4.69) is 193 Å². The van der Waals surface area contributed by atoms with E-state index in [4.69, 9.17) is 15.0 Å². The molecule has 0 unspecified atom stereocenters. The lowest BCUT2D eigenvalue weighted by Gasteiger charge is -2.23. The van der Waals surface area contributed by atoms with Crippen LogP contribution < -0.4 is 0 Å². The summed E-state index contributed by atoms with van der Waals surface area (Å²) in [5.74, 6) is 2.45. The van der Waals surface area contributed by atoms with Gasteiger partial charge in [0.1, 0.15) is 0 Å². The topological polar surface area (TPSA) is 43.6 Å². The van der Waals surface area contributed by atoms with Crippen LogP contribution in [0.1, 0.15) is 43.6 Å². The lowest BCUT2D eigenvalue weighted by Crippen LogP contribution is -2.05. The molecule has 8 aromatic carbocycles. The molecule has 1 saturated carbocycles. The Morgan fingerprint density at radius 2 is 0.820 bits per heavy atom. The Hall–Kier alpha value is -7.43. The summed E-state index contributed by atoms with van der Waals surface area (Å²) >= 11 is 0. The zero-order valence-corrected chi connectivity index (χ0v) is 34.0. The van der Waals surface area contributed by atoms with Crippen LogP contribution in [-0.4, -0.2) is 19.5 Å². The van der Waals surface area contributed by atoms with Crippen LogP contribution in [0.3, 0.4) is 0 Å². The maximum atomic E-state index is 5.36. The summed E-state index contributed by atoms with van der Waals surface area (Å²) in [4.78, 5) is 15.9. The third kappa shape index (κ3) is 7.00. The third-order valence-electron chi connectivity index (χ3n) is 12.5. The first-order chi connectivity index (χ1) is 30.2. The van der Waals surface area contributed by atoms with Crippen molar-refractivity contribution in [3.8, 4) is 73.2 Å². The van der Waals surface area contributed by atoms with Crippen molar-refractivity contribution in [2.75, 3.05) is 0 Å². The molecule has 292 valence electrons. The molecule has 0 aliphatic heterocycles. The van der Waals surface area contributed by atoms with Gasteiger partial charge < -0.3 is 4.57 Å². The zero-order chi connectivity index (χ0) is 40.5. The van der Waals surface area contributed by atoms with Gasteiger partial charge in [-0.3, -0.25) is 0 Å². The van der Waals surface area contributed by atoms with Gasteiger partial charge in [0.15, 0.2) is 17.5 Å². The number of rotatable bonds is 8. The molecule has 2 heterocycles. The number of hydrogen-bond acceptors (Lipinski definition) is 3. The van der Waals surface area contributed by atoms with Crippen LogP contribution >= 0.6 is 0 Å². The number of hydrogen-bond donors (Lipinski definition) is 0. The Labute approximate surface area is 356 Å². The van der Waals surface area contributed by atoms with E-state index < -0.39 is 0 Å². The molecule has 0 spiro atoms. The first-order valence-electron chi connectivity index (χ1n) is 21.6. The van der Waals surface area contributed by atoms with Crippen molar-refractivity contribution in [3.63, 3.8) is 0 Å². The largest absolute Gasteiger partial charge is 0.308 e. The summed E-state index contributed by atoms with van der Waals surface area (Å²) < 4.78 is 2.46. The van der Waals surface area contributed by atoms with Crippen LogP contribution in [0, 0.1) is 0 Å². The molecule has 0 N–H and O–H groups in total. The molecule has 0 radical (unpaired) electrons. The van der Waals surface area contributed by atoms with Crippen molar-refractivity contribution in [1.29, 1.82) is 0 Å². The van der Waals surface area contributed by atoms with E-state index in [-0.39, 0.29) is 0 Å². The smallest absolute Gasteiger partial charge is 0.166 e. The van der Waals surface area contributed by atoms with Gasteiger partial charge in [-0.15, -0.1) is 0 Å². The maximum absolute atomic E-state index is 5.36. The zero-order valence-electron chi connectivity index (χ0n) is 34.0. The number of nitrogens with zero attached hydrogens (tertiary/aromatic N) is 4. The quantitative estimate of drug-likeness (QED) is 0.154. The Bertz CT molecular complexity index is 3030. The second-order valence-electron chi connectivity index (χ2n) is 16.2. The highest BCUT2D eigenvalue weighted by Crippen LogP contribution is 2.43. The molecule has 4 nitrogen and oxygen atoms in total. The molecule has 0 bridgehead atoms. The summed E-state index contributed by atoms with van der Waals surface area (Å²) in [6, 6.07) is 71.4. The lowest BCUT2D eigenvalue weighted by atomic mass is 9.82. The van der Waals surface area contributed by atoms with Gasteiger partial charge in [-0.1, -0.05) is 195 Å². The molecule has 1 aliphatic rings. The molecule has 0 amide bonds. The van der Waals surface area contributed by atoms with E-state index in [1.807, 2.05) is 12.1 Å². The van der Waals surface area contributed by atoms with Gasteiger partial charge in [-0.25, -0.2) is 15.0 Å².